The Balaban J connectivity index is 1.33. The van der Waals surface area contributed by atoms with Gasteiger partial charge >= 0.3 is 0 Å². The van der Waals surface area contributed by atoms with Gasteiger partial charge in [-0.25, -0.2) is 0 Å². The molecule has 30 heavy (non-hydrogen) atoms. The van der Waals surface area contributed by atoms with Crippen molar-refractivity contribution in [3.63, 3.8) is 0 Å². The Morgan fingerprint density at radius 1 is 1.10 bits per heavy atom. The lowest BCUT2D eigenvalue weighted by molar-refractivity contribution is -0.159. The van der Waals surface area contributed by atoms with Crippen LogP contribution in [0.1, 0.15) is 29.8 Å². The van der Waals surface area contributed by atoms with Crippen molar-refractivity contribution < 1.29 is 19.1 Å². The molecule has 4 heterocycles. The van der Waals surface area contributed by atoms with Crippen LogP contribution < -0.4 is 9.47 Å². The summed E-state index contributed by atoms with van der Waals surface area (Å²) in [6.07, 6.45) is 0.534. The van der Waals surface area contributed by atoms with Crippen molar-refractivity contribution >= 4 is 22.7 Å². The standard InChI is InChI=1S/C23H21N3O4/c1-13-22-16(15-4-2-3-5-17(15)24-22)9-18-23(28)25(11-21(27)26(13)18)10-14-6-7-19-20(8-14)30-12-29-19/h2-8,13,18,24H,9-12H2,1H3. The van der Waals surface area contributed by atoms with Gasteiger partial charge in [0.05, 0.1) is 6.04 Å². The maximum absolute atomic E-state index is 13.4. The van der Waals surface area contributed by atoms with Gasteiger partial charge in [0.25, 0.3) is 0 Å². The molecular weight excluding hydrogens is 382 g/mol. The molecule has 2 amide bonds. The van der Waals surface area contributed by atoms with Gasteiger partial charge in [-0.1, -0.05) is 24.3 Å². The number of carbonyl (C=O) groups is 2. The first-order valence-electron chi connectivity index (χ1n) is 10.2. The van der Waals surface area contributed by atoms with Crippen molar-refractivity contribution in [2.24, 2.45) is 0 Å². The summed E-state index contributed by atoms with van der Waals surface area (Å²) in [7, 11) is 0. The maximum Gasteiger partial charge on any atom is 0.246 e. The third-order valence-corrected chi connectivity index (χ3v) is 6.44. The Hall–Kier alpha value is -3.48. The van der Waals surface area contributed by atoms with Crippen molar-refractivity contribution in [1.82, 2.24) is 14.8 Å². The van der Waals surface area contributed by atoms with Gasteiger partial charge < -0.3 is 24.3 Å². The summed E-state index contributed by atoms with van der Waals surface area (Å²) in [6.45, 7) is 2.67. The zero-order chi connectivity index (χ0) is 20.4. The second kappa shape index (κ2) is 6.26. The number of fused-ring (bicyclic) bond motifs is 5. The average molecular weight is 403 g/mol. The summed E-state index contributed by atoms with van der Waals surface area (Å²) < 4.78 is 10.8. The van der Waals surface area contributed by atoms with Crippen molar-refractivity contribution in [3.8, 4) is 11.5 Å². The molecule has 7 nitrogen and oxygen atoms in total. The van der Waals surface area contributed by atoms with E-state index >= 15 is 0 Å². The summed E-state index contributed by atoms with van der Waals surface area (Å²) in [4.78, 5) is 33.4. The average Bonchev–Trinajstić information content (AvgIpc) is 3.36. The third kappa shape index (κ3) is 2.44. The van der Waals surface area contributed by atoms with Crippen LogP contribution in [0, 0.1) is 0 Å². The number of piperazine rings is 1. The molecule has 2 atom stereocenters. The fraction of sp³-hybridized carbons (Fsp3) is 0.304. The number of amides is 2. The number of rotatable bonds is 2. The van der Waals surface area contributed by atoms with E-state index in [1.165, 1.54) is 0 Å². The Morgan fingerprint density at radius 3 is 2.83 bits per heavy atom. The van der Waals surface area contributed by atoms with E-state index in [2.05, 4.69) is 11.1 Å². The van der Waals surface area contributed by atoms with E-state index in [1.807, 2.05) is 43.3 Å². The maximum atomic E-state index is 13.4. The number of H-pyrrole nitrogens is 1. The molecule has 3 aliphatic heterocycles. The molecule has 0 bridgehead atoms. The molecule has 1 fully saturated rings. The molecule has 7 heteroatoms. The van der Waals surface area contributed by atoms with Gasteiger partial charge in [-0.3, -0.25) is 9.59 Å². The van der Waals surface area contributed by atoms with Gasteiger partial charge in [-0.05, 0) is 36.2 Å². The van der Waals surface area contributed by atoms with Crippen LogP contribution in [0.2, 0.25) is 0 Å². The van der Waals surface area contributed by atoms with E-state index in [9.17, 15) is 9.59 Å². The molecular formula is C23H21N3O4. The van der Waals surface area contributed by atoms with Crippen LogP contribution >= 0.6 is 0 Å². The molecule has 6 rings (SSSR count). The number of aromatic nitrogens is 1. The molecule has 1 saturated heterocycles. The Kier molecular flexibility index (Phi) is 3.63. The summed E-state index contributed by atoms with van der Waals surface area (Å²) in [5.41, 5.74) is 4.15. The van der Waals surface area contributed by atoms with Crippen molar-refractivity contribution in [2.75, 3.05) is 13.3 Å². The van der Waals surface area contributed by atoms with Crippen molar-refractivity contribution in [2.45, 2.75) is 32.0 Å². The van der Waals surface area contributed by atoms with E-state index < -0.39 is 6.04 Å². The summed E-state index contributed by atoms with van der Waals surface area (Å²) >= 11 is 0. The Bertz CT molecular complexity index is 1200. The quantitative estimate of drug-likeness (QED) is 0.714. The lowest BCUT2D eigenvalue weighted by Crippen LogP contribution is -2.62. The molecule has 1 aromatic heterocycles. The first kappa shape index (κ1) is 17.4. The predicted octanol–water partition coefficient (Wildman–Crippen LogP) is 2.75. The fourth-order valence-corrected chi connectivity index (χ4v) is 5.02. The van der Waals surface area contributed by atoms with Crippen molar-refractivity contribution in [1.29, 1.82) is 0 Å². The predicted molar refractivity (Wildman–Crippen MR) is 109 cm³/mol. The minimum Gasteiger partial charge on any atom is -0.454 e. The number of nitrogens with zero attached hydrogens (tertiary/aromatic N) is 2. The minimum atomic E-state index is -0.470. The molecule has 0 saturated carbocycles. The molecule has 3 aromatic rings. The largest absolute Gasteiger partial charge is 0.454 e. The molecule has 2 aromatic carbocycles. The van der Waals surface area contributed by atoms with Crippen molar-refractivity contribution in [3.05, 3.63) is 59.3 Å². The number of carbonyl (C=O) groups excluding carboxylic acids is 2. The Labute approximate surface area is 173 Å². The molecule has 0 spiro atoms. The second-order valence-corrected chi connectivity index (χ2v) is 8.14. The van der Waals surface area contributed by atoms with Crippen LogP contribution in [0.15, 0.2) is 42.5 Å². The van der Waals surface area contributed by atoms with Gasteiger partial charge in [0.15, 0.2) is 11.5 Å². The van der Waals surface area contributed by atoms with E-state index in [4.69, 9.17) is 9.47 Å². The molecule has 2 unspecified atom stereocenters. The smallest absolute Gasteiger partial charge is 0.246 e. The number of para-hydroxylation sites is 1. The van der Waals surface area contributed by atoms with Gasteiger partial charge in [-0.2, -0.15) is 0 Å². The zero-order valence-corrected chi connectivity index (χ0v) is 16.6. The highest BCUT2D eigenvalue weighted by Crippen LogP contribution is 2.39. The lowest BCUT2D eigenvalue weighted by Gasteiger charge is -2.46. The van der Waals surface area contributed by atoms with Crippen LogP contribution in [-0.4, -0.2) is 46.0 Å². The fourth-order valence-electron chi connectivity index (χ4n) is 5.02. The first-order valence-corrected chi connectivity index (χ1v) is 10.2. The van der Waals surface area contributed by atoms with Gasteiger partial charge in [-0.15, -0.1) is 0 Å². The minimum absolute atomic E-state index is 0.00459. The van der Waals surface area contributed by atoms with Crippen LogP contribution in [0.5, 0.6) is 11.5 Å². The topological polar surface area (TPSA) is 74.9 Å². The van der Waals surface area contributed by atoms with E-state index in [1.54, 1.807) is 9.80 Å². The SMILES string of the molecule is CC1c2[nH]c3ccccc3c2CC2C(=O)N(Cc3ccc4c(c3)OCO4)CC(=O)N21. The number of nitrogens with one attached hydrogen (secondary N) is 1. The Morgan fingerprint density at radius 2 is 1.93 bits per heavy atom. The van der Waals surface area contributed by atoms with Gasteiger partial charge in [0, 0.05) is 29.6 Å². The molecule has 1 N–H and O–H groups in total. The molecule has 0 aliphatic carbocycles. The van der Waals surface area contributed by atoms with Crippen LogP contribution in [-0.2, 0) is 22.6 Å². The monoisotopic (exact) mass is 403 g/mol. The first-order chi connectivity index (χ1) is 14.6. The van der Waals surface area contributed by atoms with Gasteiger partial charge in [0.2, 0.25) is 18.6 Å². The molecule has 0 radical (unpaired) electrons. The van der Waals surface area contributed by atoms with E-state index in [-0.39, 0.29) is 31.2 Å². The molecule has 152 valence electrons. The van der Waals surface area contributed by atoms with E-state index in [0.717, 1.165) is 27.7 Å². The highest BCUT2D eigenvalue weighted by atomic mass is 16.7. The number of benzene rings is 2. The van der Waals surface area contributed by atoms with E-state index in [0.29, 0.717) is 24.5 Å². The summed E-state index contributed by atoms with van der Waals surface area (Å²) in [5, 5.41) is 1.13. The van der Waals surface area contributed by atoms with Crippen LogP contribution in [0.4, 0.5) is 0 Å². The van der Waals surface area contributed by atoms with Crippen LogP contribution in [0.25, 0.3) is 10.9 Å². The highest BCUT2D eigenvalue weighted by molar-refractivity contribution is 5.97. The number of ether oxygens (including phenoxy) is 2. The van der Waals surface area contributed by atoms with Crippen LogP contribution in [0.3, 0.4) is 0 Å². The number of hydrogen-bond donors (Lipinski definition) is 1. The number of hydrogen-bond acceptors (Lipinski definition) is 4. The third-order valence-electron chi connectivity index (χ3n) is 6.44. The van der Waals surface area contributed by atoms with Gasteiger partial charge in [0.1, 0.15) is 12.6 Å². The zero-order valence-electron chi connectivity index (χ0n) is 16.6. The highest BCUT2D eigenvalue weighted by Gasteiger charge is 2.46. The summed E-state index contributed by atoms with van der Waals surface area (Å²) in [5.74, 6) is 1.37. The second-order valence-electron chi connectivity index (χ2n) is 8.14. The summed E-state index contributed by atoms with van der Waals surface area (Å²) in [6, 6.07) is 13.1. The number of aromatic amines is 1. The normalized spacial score (nSPS) is 22.4. The lowest BCUT2D eigenvalue weighted by atomic mass is 9.90. The molecule has 3 aliphatic rings.